The van der Waals surface area contributed by atoms with E-state index in [2.05, 4.69) is 9.89 Å². The van der Waals surface area contributed by atoms with Crippen molar-refractivity contribution in [1.82, 2.24) is 4.90 Å². The van der Waals surface area contributed by atoms with Crippen molar-refractivity contribution in [3.05, 3.63) is 35.4 Å². The normalized spacial score (nSPS) is 19.6. The summed E-state index contributed by atoms with van der Waals surface area (Å²) in [5, 5.41) is 0. The highest BCUT2D eigenvalue weighted by Crippen LogP contribution is 2.21. The van der Waals surface area contributed by atoms with Crippen molar-refractivity contribution in [1.29, 1.82) is 0 Å². The van der Waals surface area contributed by atoms with E-state index in [1.807, 2.05) is 24.3 Å². The Bertz CT molecular complexity index is 462. The van der Waals surface area contributed by atoms with E-state index < -0.39 is 0 Å². The van der Waals surface area contributed by atoms with Crippen molar-refractivity contribution in [2.24, 2.45) is 4.99 Å². The molecule has 3 rings (SSSR count). The highest BCUT2D eigenvalue weighted by molar-refractivity contribution is 6.20. The molecule has 2 aliphatic heterocycles. The summed E-state index contributed by atoms with van der Waals surface area (Å²) in [7, 11) is 0. The standard InChI is InChI=1S/C12H12N2O2/c15-12-10-4-2-1-3-9(10)11(13-12)14-5-7-16-8-6-14/h1-4H,5-8H2. The molecule has 1 saturated heterocycles. The number of aliphatic imine (C=N–C) groups is 1. The molecule has 0 bridgehead atoms. The van der Waals surface area contributed by atoms with Crippen molar-refractivity contribution in [3.8, 4) is 0 Å². The Kier molecular flexibility index (Phi) is 2.22. The molecule has 16 heavy (non-hydrogen) atoms. The number of nitrogens with zero attached hydrogens (tertiary/aromatic N) is 2. The molecule has 4 heteroatoms. The largest absolute Gasteiger partial charge is 0.378 e. The minimum Gasteiger partial charge on any atom is -0.378 e. The average molecular weight is 216 g/mol. The van der Waals surface area contributed by atoms with Crippen LogP contribution in [0.3, 0.4) is 0 Å². The second-order valence-corrected chi connectivity index (χ2v) is 3.89. The lowest BCUT2D eigenvalue weighted by atomic mass is 10.1. The highest BCUT2D eigenvalue weighted by atomic mass is 16.5. The number of benzene rings is 1. The smallest absolute Gasteiger partial charge is 0.279 e. The molecule has 82 valence electrons. The van der Waals surface area contributed by atoms with Gasteiger partial charge in [0.25, 0.3) is 5.91 Å². The summed E-state index contributed by atoms with van der Waals surface area (Å²) in [4.78, 5) is 17.9. The van der Waals surface area contributed by atoms with Crippen molar-refractivity contribution >= 4 is 11.7 Å². The molecule has 2 heterocycles. The molecule has 0 radical (unpaired) electrons. The minimum atomic E-state index is -0.128. The van der Waals surface area contributed by atoms with Gasteiger partial charge in [-0.1, -0.05) is 18.2 Å². The maximum atomic E-state index is 11.7. The molecular weight excluding hydrogens is 204 g/mol. The van der Waals surface area contributed by atoms with Gasteiger partial charge in [0.05, 0.1) is 18.8 Å². The molecule has 1 amide bonds. The first-order chi connectivity index (χ1) is 7.86. The van der Waals surface area contributed by atoms with E-state index in [0.717, 1.165) is 24.5 Å². The lowest BCUT2D eigenvalue weighted by Crippen LogP contribution is -2.40. The zero-order valence-corrected chi connectivity index (χ0v) is 8.85. The Morgan fingerprint density at radius 2 is 1.81 bits per heavy atom. The van der Waals surface area contributed by atoms with Crippen LogP contribution >= 0.6 is 0 Å². The van der Waals surface area contributed by atoms with Crippen molar-refractivity contribution in [3.63, 3.8) is 0 Å². The Balaban J connectivity index is 1.97. The van der Waals surface area contributed by atoms with Gasteiger partial charge in [-0.15, -0.1) is 0 Å². The number of hydrogen-bond acceptors (Lipinski definition) is 3. The van der Waals surface area contributed by atoms with Crippen LogP contribution in [0.4, 0.5) is 0 Å². The maximum absolute atomic E-state index is 11.7. The number of rotatable bonds is 0. The molecule has 1 aromatic rings. The number of hydrogen-bond donors (Lipinski definition) is 0. The molecule has 0 aliphatic carbocycles. The summed E-state index contributed by atoms with van der Waals surface area (Å²) in [6.07, 6.45) is 0. The number of amides is 1. The number of amidine groups is 1. The number of morpholine rings is 1. The van der Waals surface area contributed by atoms with Gasteiger partial charge in [0.2, 0.25) is 0 Å². The van der Waals surface area contributed by atoms with Crippen LogP contribution in [-0.2, 0) is 4.74 Å². The lowest BCUT2D eigenvalue weighted by Gasteiger charge is -2.28. The predicted octanol–water partition coefficient (Wildman–Crippen LogP) is 0.919. The number of ether oxygens (including phenoxy) is 1. The highest BCUT2D eigenvalue weighted by Gasteiger charge is 2.27. The second-order valence-electron chi connectivity index (χ2n) is 3.89. The Labute approximate surface area is 93.5 Å². The van der Waals surface area contributed by atoms with Gasteiger partial charge >= 0.3 is 0 Å². The van der Waals surface area contributed by atoms with E-state index in [1.165, 1.54) is 0 Å². The topological polar surface area (TPSA) is 41.9 Å². The van der Waals surface area contributed by atoms with Crippen molar-refractivity contribution < 1.29 is 9.53 Å². The number of carbonyl (C=O) groups excluding carboxylic acids is 1. The summed E-state index contributed by atoms with van der Waals surface area (Å²) in [5.41, 5.74) is 1.67. The molecule has 0 unspecified atom stereocenters. The van der Waals surface area contributed by atoms with E-state index in [9.17, 15) is 4.79 Å². The number of fused-ring (bicyclic) bond motifs is 1. The van der Waals surface area contributed by atoms with Gasteiger partial charge in [0.1, 0.15) is 5.84 Å². The Morgan fingerprint density at radius 3 is 2.56 bits per heavy atom. The molecule has 0 atom stereocenters. The first-order valence-corrected chi connectivity index (χ1v) is 5.41. The second kappa shape index (κ2) is 3.72. The summed E-state index contributed by atoms with van der Waals surface area (Å²) >= 11 is 0. The number of carbonyl (C=O) groups is 1. The van der Waals surface area contributed by atoms with Crippen LogP contribution in [0, 0.1) is 0 Å². The molecule has 1 aromatic carbocycles. The summed E-state index contributed by atoms with van der Waals surface area (Å²) in [6.45, 7) is 3.02. The first-order valence-electron chi connectivity index (χ1n) is 5.41. The van der Waals surface area contributed by atoms with E-state index in [-0.39, 0.29) is 5.91 Å². The van der Waals surface area contributed by atoms with Crippen molar-refractivity contribution in [2.45, 2.75) is 0 Å². The van der Waals surface area contributed by atoms with Gasteiger partial charge in [0.15, 0.2) is 0 Å². The molecule has 2 aliphatic rings. The van der Waals surface area contributed by atoms with Gasteiger partial charge in [-0.3, -0.25) is 4.79 Å². The van der Waals surface area contributed by atoms with Gasteiger partial charge in [-0.25, -0.2) is 0 Å². The molecular formula is C12H12N2O2. The Hall–Kier alpha value is -1.68. The Morgan fingerprint density at radius 1 is 1.12 bits per heavy atom. The fourth-order valence-corrected chi connectivity index (χ4v) is 2.10. The van der Waals surface area contributed by atoms with Crippen LogP contribution in [0.25, 0.3) is 0 Å². The summed E-state index contributed by atoms with van der Waals surface area (Å²) in [6, 6.07) is 7.59. The zero-order valence-electron chi connectivity index (χ0n) is 8.85. The van der Waals surface area contributed by atoms with E-state index in [4.69, 9.17) is 4.74 Å². The van der Waals surface area contributed by atoms with Crippen LogP contribution in [0.2, 0.25) is 0 Å². The third-order valence-corrected chi connectivity index (χ3v) is 2.92. The van der Waals surface area contributed by atoms with Gasteiger partial charge in [0, 0.05) is 18.7 Å². The third-order valence-electron chi connectivity index (χ3n) is 2.92. The summed E-state index contributed by atoms with van der Waals surface area (Å²) in [5.74, 6) is 0.681. The monoisotopic (exact) mass is 216 g/mol. The average Bonchev–Trinajstić information content (AvgIpc) is 2.69. The quantitative estimate of drug-likeness (QED) is 0.647. The minimum absolute atomic E-state index is 0.128. The van der Waals surface area contributed by atoms with Gasteiger partial charge in [-0.05, 0) is 6.07 Å². The molecule has 0 saturated carbocycles. The molecule has 0 spiro atoms. The van der Waals surface area contributed by atoms with Gasteiger partial charge < -0.3 is 9.64 Å². The molecule has 1 fully saturated rings. The summed E-state index contributed by atoms with van der Waals surface area (Å²) < 4.78 is 5.29. The molecule has 4 nitrogen and oxygen atoms in total. The van der Waals surface area contributed by atoms with E-state index in [1.54, 1.807) is 0 Å². The fraction of sp³-hybridized carbons (Fsp3) is 0.333. The van der Waals surface area contributed by atoms with Crippen LogP contribution < -0.4 is 0 Å². The van der Waals surface area contributed by atoms with Crippen LogP contribution in [-0.4, -0.2) is 42.9 Å². The van der Waals surface area contributed by atoms with E-state index >= 15 is 0 Å². The molecule has 0 aromatic heterocycles. The van der Waals surface area contributed by atoms with E-state index in [0.29, 0.717) is 18.8 Å². The van der Waals surface area contributed by atoms with Crippen LogP contribution in [0.15, 0.2) is 29.3 Å². The van der Waals surface area contributed by atoms with Crippen molar-refractivity contribution in [2.75, 3.05) is 26.3 Å². The van der Waals surface area contributed by atoms with Crippen LogP contribution in [0.5, 0.6) is 0 Å². The van der Waals surface area contributed by atoms with Crippen LogP contribution in [0.1, 0.15) is 15.9 Å². The zero-order chi connectivity index (χ0) is 11.0. The third kappa shape index (κ3) is 1.42. The predicted molar refractivity (Wildman–Crippen MR) is 59.7 cm³/mol. The lowest BCUT2D eigenvalue weighted by molar-refractivity contribution is 0.0681. The first kappa shape index (κ1) is 9.54. The van der Waals surface area contributed by atoms with Gasteiger partial charge in [-0.2, -0.15) is 4.99 Å². The fourth-order valence-electron chi connectivity index (χ4n) is 2.10. The molecule has 0 N–H and O–H groups in total. The SMILES string of the molecule is O=C1N=C(N2CCOCC2)c2ccccc21. The maximum Gasteiger partial charge on any atom is 0.279 e.